The molecule has 1 atom stereocenters. The monoisotopic (exact) mass is 305 g/mol. The molecule has 0 amide bonds. The van der Waals surface area contributed by atoms with Crippen LogP contribution < -0.4 is 5.32 Å². The first-order valence-electron chi connectivity index (χ1n) is 7.30. The third kappa shape index (κ3) is 3.28. The molecule has 1 aromatic carbocycles. The Morgan fingerprint density at radius 3 is 2.86 bits per heavy atom. The Morgan fingerprint density at radius 1 is 1.38 bits per heavy atom. The van der Waals surface area contributed by atoms with Crippen LogP contribution in [-0.2, 0) is 6.54 Å². The van der Waals surface area contributed by atoms with Gasteiger partial charge in [0, 0.05) is 36.3 Å². The third-order valence-corrected chi connectivity index (χ3v) is 4.18. The molecule has 0 radical (unpaired) electrons. The fraction of sp³-hybridized carbons (Fsp3) is 0.438. The Balaban J connectivity index is 1.79. The maximum atomic E-state index is 5.98. The topological polar surface area (TPSA) is 41.3 Å². The molecule has 2 heterocycles. The number of benzene rings is 1. The van der Waals surface area contributed by atoms with E-state index in [1.54, 1.807) is 0 Å². The van der Waals surface area contributed by atoms with E-state index in [0.717, 1.165) is 54.1 Å². The first-order chi connectivity index (χ1) is 10.1. The Labute approximate surface area is 130 Å². The maximum absolute atomic E-state index is 5.98. The van der Waals surface area contributed by atoms with E-state index < -0.39 is 0 Å². The average Bonchev–Trinajstić information content (AvgIpc) is 2.83. The number of aryl methyl sites for hydroxylation is 1. The smallest absolute Gasteiger partial charge is 0.209 e. The Bertz CT molecular complexity index is 608. The van der Waals surface area contributed by atoms with Gasteiger partial charge in [-0.15, -0.1) is 0 Å². The number of piperazine rings is 1. The van der Waals surface area contributed by atoms with E-state index >= 15 is 0 Å². The molecule has 0 unspecified atom stereocenters. The van der Waals surface area contributed by atoms with Crippen LogP contribution in [0.15, 0.2) is 28.7 Å². The summed E-state index contributed by atoms with van der Waals surface area (Å²) in [4.78, 5) is 6.97. The lowest BCUT2D eigenvalue weighted by molar-refractivity contribution is 0.151. The first kappa shape index (κ1) is 14.6. The highest BCUT2D eigenvalue weighted by molar-refractivity contribution is 6.30. The second kappa shape index (κ2) is 6.18. The van der Waals surface area contributed by atoms with E-state index in [9.17, 15) is 0 Å². The number of hydrogen-bond acceptors (Lipinski definition) is 4. The molecule has 3 rings (SSSR count). The van der Waals surface area contributed by atoms with Crippen LogP contribution in [0.4, 0.5) is 0 Å². The summed E-state index contributed by atoms with van der Waals surface area (Å²) in [6.07, 6.45) is 0. The summed E-state index contributed by atoms with van der Waals surface area (Å²) in [7, 11) is 0. The van der Waals surface area contributed by atoms with Crippen LogP contribution in [-0.4, -0.2) is 35.6 Å². The molecule has 1 fully saturated rings. The molecule has 2 aromatic rings. The van der Waals surface area contributed by atoms with Crippen molar-refractivity contribution in [3.63, 3.8) is 0 Å². The number of aromatic nitrogens is 1. The number of oxazole rings is 1. The van der Waals surface area contributed by atoms with E-state index in [4.69, 9.17) is 16.0 Å². The van der Waals surface area contributed by atoms with Crippen LogP contribution in [0.1, 0.15) is 18.5 Å². The summed E-state index contributed by atoms with van der Waals surface area (Å²) < 4.78 is 5.98. The van der Waals surface area contributed by atoms with Gasteiger partial charge < -0.3 is 9.73 Å². The molecule has 112 valence electrons. The third-order valence-electron chi connectivity index (χ3n) is 3.92. The van der Waals surface area contributed by atoms with Crippen molar-refractivity contribution < 1.29 is 4.42 Å². The molecule has 1 N–H and O–H groups in total. The molecule has 0 spiro atoms. The van der Waals surface area contributed by atoms with Gasteiger partial charge in [-0.1, -0.05) is 11.6 Å². The molecule has 0 aliphatic carbocycles. The van der Waals surface area contributed by atoms with Gasteiger partial charge in [0.05, 0.1) is 12.2 Å². The number of hydrogen-bond donors (Lipinski definition) is 1. The van der Waals surface area contributed by atoms with Crippen molar-refractivity contribution in [2.45, 2.75) is 26.4 Å². The number of nitrogens with one attached hydrogen (secondary N) is 1. The van der Waals surface area contributed by atoms with Crippen LogP contribution >= 0.6 is 11.6 Å². The molecule has 5 heteroatoms. The molecule has 4 nitrogen and oxygen atoms in total. The van der Waals surface area contributed by atoms with Crippen LogP contribution in [0.2, 0.25) is 5.02 Å². The van der Waals surface area contributed by atoms with Gasteiger partial charge in [0.15, 0.2) is 5.76 Å². The van der Waals surface area contributed by atoms with Gasteiger partial charge in [0.2, 0.25) is 5.89 Å². The van der Waals surface area contributed by atoms with Crippen molar-refractivity contribution in [1.82, 2.24) is 15.2 Å². The lowest BCUT2D eigenvalue weighted by Gasteiger charge is -2.32. The molecular formula is C16H20ClN3O. The highest BCUT2D eigenvalue weighted by Gasteiger charge is 2.21. The van der Waals surface area contributed by atoms with E-state index in [1.807, 2.05) is 31.2 Å². The van der Waals surface area contributed by atoms with Gasteiger partial charge in [-0.2, -0.15) is 0 Å². The summed E-state index contributed by atoms with van der Waals surface area (Å²) >= 11 is 5.93. The van der Waals surface area contributed by atoms with Crippen LogP contribution in [0, 0.1) is 6.92 Å². The zero-order valence-electron chi connectivity index (χ0n) is 12.4. The van der Waals surface area contributed by atoms with Crippen molar-refractivity contribution in [3.8, 4) is 11.3 Å². The second-order valence-corrected chi connectivity index (χ2v) is 5.99. The molecule has 1 aliphatic rings. The molecular weight excluding hydrogens is 286 g/mol. The summed E-state index contributed by atoms with van der Waals surface area (Å²) in [6.45, 7) is 8.04. The minimum absolute atomic E-state index is 0.505. The largest absolute Gasteiger partial charge is 0.439 e. The summed E-state index contributed by atoms with van der Waals surface area (Å²) in [5, 5.41) is 4.12. The SMILES string of the molecule is Cc1nc(CN2CCNC[C@H]2C)oc1-c1ccc(Cl)cc1. The minimum Gasteiger partial charge on any atom is -0.439 e. The molecule has 1 saturated heterocycles. The highest BCUT2D eigenvalue weighted by Crippen LogP contribution is 2.26. The van der Waals surface area contributed by atoms with Gasteiger partial charge >= 0.3 is 0 Å². The molecule has 21 heavy (non-hydrogen) atoms. The van der Waals surface area contributed by atoms with E-state index in [-0.39, 0.29) is 0 Å². The zero-order chi connectivity index (χ0) is 14.8. The van der Waals surface area contributed by atoms with Gasteiger partial charge in [0.25, 0.3) is 0 Å². The van der Waals surface area contributed by atoms with Crippen LogP contribution in [0.5, 0.6) is 0 Å². The van der Waals surface area contributed by atoms with Crippen molar-refractivity contribution in [1.29, 1.82) is 0 Å². The molecule has 1 aromatic heterocycles. The molecule has 0 saturated carbocycles. The lowest BCUT2D eigenvalue weighted by atomic mass is 10.1. The highest BCUT2D eigenvalue weighted by atomic mass is 35.5. The van der Waals surface area contributed by atoms with Crippen LogP contribution in [0.3, 0.4) is 0 Å². The fourth-order valence-electron chi connectivity index (χ4n) is 2.68. The summed E-state index contributed by atoms with van der Waals surface area (Å²) in [5.41, 5.74) is 1.94. The van der Waals surface area contributed by atoms with Gasteiger partial charge in [-0.05, 0) is 38.1 Å². The van der Waals surface area contributed by atoms with Gasteiger partial charge in [-0.25, -0.2) is 4.98 Å². The van der Waals surface area contributed by atoms with Crippen LogP contribution in [0.25, 0.3) is 11.3 Å². The van der Waals surface area contributed by atoms with E-state index in [0.29, 0.717) is 6.04 Å². The normalized spacial score (nSPS) is 19.9. The number of nitrogens with zero attached hydrogens (tertiary/aromatic N) is 2. The quantitative estimate of drug-likeness (QED) is 0.946. The predicted molar refractivity (Wildman–Crippen MR) is 84.4 cm³/mol. The standard InChI is InChI=1S/C16H20ClN3O/c1-11-9-18-7-8-20(11)10-15-19-12(2)16(21-15)13-3-5-14(17)6-4-13/h3-6,11,18H,7-10H2,1-2H3/t11-/m1/s1. The Kier molecular flexibility index (Phi) is 4.29. The number of rotatable bonds is 3. The lowest BCUT2D eigenvalue weighted by Crippen LogP contribution is -2.49. The van der Waals surface area contributed by atoms with Crippen molar-refractivity contribution >= 4 is 11.6 Å². The summed E-state index contributed by atoms with van der Waals surface area (Å²) in [5.74, 6) is 1.62. The maximum Gasteiger partial charge on any atom is 0.209 e. The summed E-state index contributed by atoms with van der Waals surface area (Å²) in [6, 6.07) is 8.18. The van der Waals surface area contributed by atoms with Gasteiger partial charge in [-0.3, -0.25) is 4.90 Å². The second-order valence-electron chi connectivity index (χ2n) is 5.55. The Morgan fingerprint density at radius 2 is 2.14 bits per heavy atom. The zero-order valence-corrected chi connectivity index (χ0v) is 13.2. The van der Waals surface area contributed by atoms with Crippen molar-refractivity contribution in [2.24, 2.45) is 0 Å². The van der Waals surface area contributed by atoms with Crippen molar-refractivity contribution in [3.05, 3.63) is 40.9 Å². The first-order valence-corrected chi connectivity index (χ1v) is 7.68. The van der Waals surface area contributed by atoms with E-state index in [2.05, 4.69) is 22.1 Å². The molecule has 0 bridgehead atoms. The Hall–Kier alpha value is -1.36. The number of halogens is 1. The van der Waals surface area contributed by atoms with Crippen molar-refractivity contribution in [2.75, 3.05) is 19.6 Å². The van der Waals surface area contributed by atoms with Gasteiger partial charge in [0.1, 0.15) is 0 Å². The molecule has 1 aliphatic heterocycles. The van der Waals surface area contributed by atoms with E-state index in [1.165, 1.54) is 0 Å². The minimum atomic E-state index is 0.505. The fourth-order valence-corrected chi connectivity index (χ4v) is 2.81. The predicted octanol–water partition coefficient (Wildman–Crippen LogP) is 3.10. The average molecular weight is 306 g/mol.